The van der Waals surface area contributed by atoms with Gasteiger partial charge in [0.15, 0.2) is 0 Å². The van der Waals surface area contributed by atoms with E-state index in [1.54, 1.807) is 0 Å². The van der Waals surface area contributed by atoms with Crippen molar-refractivity contribution in [2.24, 2.45) is 5.10 Å². The van der Waals surface area contributed by atoms with Gasteiger partial charge in [-0.2, -0.15) is 5.10 Å². The maximum Gasteiger partial charge on any atom is 0.335 e. The van der Waals surface area contributed by atoms with Gasteiger partial charge in [0, 0.05) is 5.56 Å². The third kappa shape index (κ3) is 3.94. The Bertz CT molecular complexity index is 807. The van der Waals surface area contributed by atoms with Crippen molar-refractivity contribution in [3.63, 3.8) is 0 Å². The Morgan fingerprint density at radius 3 is 2.43 bits per heavy atom. The predicted octanol–water partition coefficient (Wildman–Crippen LogP) is 2.57. The molecule has 2 N–H and O–H groups in total. The average molecular weight is 322 g/mol. The van der Waals surface area contributed by atoms with Crippen LogP contribution in [0, 0.1) is 17.5 Å². The number of aromatic carboxylic acids is 1. The Kier molecular flexibility index (Phi) is 4.75. The molecule has 0 saturated carbocycles. The van der Waals surface area contributed by atoms with Crippen LogP contribution in [-0.2, 0) is 0 Å². The molecule has 0 aromatic heterocycles. The van der Waals surface area contributed by atoms with Crippen LogP contribution in [0.4, 0.5) is 13.2 Å². The number of carboxylic acids is 1. The molecular formula is C15H9F3N2O3. The minimum absolute atomic E-state index is 0.0879. The van der Waals surface area contributed by atoms with Crippen molar-refractivity contribution in [3.8, 4) is 0 Å². The molecule has 2 aromatic rings. The number of carbonyl (C=O) groups excluding carboxylic acids is 1. The number of nitrogens with one attached hydrogen (secondary N) is 1. The third-order valence-electron chi connectivity index (χ3n) is 2.79. The first-order chi connectivity index (χ1) is 10.9. The first-order valence-electron chi connectivity index (χ1n) is 6.20. The number of nitrogens with zero attached hydrogens (tertiary/aromatic N) is 1. The number of hydrazone groups is 1. The molecule has 0 radical (unpaired) electrons. The van der Waals surface area contributed by atoms with Crippen LogP contribution in [0.3, 0.4) is 0 Å². The zero-order chi connectivity index (χ0) is 17.0. The fourth-order valence-corrected chi connectivity index (χ4v) is 1.66. The van der Waals surface area contributed by atoms with Crippen molar-refractivity contribution in [2.75, 3.05) is 0 Å². The number of amides is 1. The van der Waals surface area contributed by atoms with Crippen molar-refractivity contribution in [2.45, 2.75) is 0 Å². The smallest absolute Gasteiger partial charge is 0.335 e. The minimum atomic E-state index is -1.29. The Morgan fingerprint density at radius 1 is 1.04 bits per heavy atom. The molecule has 5 nitrogen and oxygen atoms in total. The molecular weight excluding hydrogens is 313 g/mol. The number of hydrogen-bond acceptors (Lipinski definition) is 3. The molecule has 1 amide bonds. The van der Waals surface area contributed by atoms with Gasteiger partial charge in [-0.15, -0.1) is 0 Å². The van der Waals surface area contributed by atoms with E-state index in [0.717, 1.165) is 36.5 Å². The summed E-state index contributed by atoms with van der Waals surface area (Å²) in [4.78, 5) is 22.3. The standard InChI is InChI=1S/C15H9F3N2O3/c16-10-3-4-12(17)11(6-10)14(21)20-19-7-9-2-1-8(15(22)23)5-13(9)18/h1-7H,(H,20,21)(H,22,23)/b19-7+. The minimum Gasteiger partial charge on any atom is -0.478 e. The summed E-state index contributed by atoms with van der Waals surface area (Å²) in [5.41, 5.74) is 1.04. The van der Waals surface area contributed by atoms with Crippen molar-refractivity contribution in [1.29, 1.82) is 0 Å². The van der Waals surface area contributed by atoms with E-state index >= 15 is 0 Å². The summed E-state index contributed by atoms with van der Waals surface area (Å²) >= 11 is 0. The molecule has 23 heavy (non-hydrogen) atoms. The number of hydrogen-bond donors (Lipinski definition) is 2. The van der Waals surface area contributed by atoms with Gasteiger partial charge in [0.25, 0.3) is 5.91 Å². The fourth-order valence-electron chi connectivity index (χ4n) is 1.66. The predicted molar refractivity (Wildman–Crippen MR) is 74.8 cm³/mol. The van der Waals surface area contributed by atoms with E-state index in [0.29, 0.717) is 6.07 Å². The second-order valence-electron chi connectivity index (χ2n) is 4.36. The highest BCUT2D eigenvalue weighted by molar-refractivity contribution is 5.95. The number of rotatable bonds is 4. The quantitative estimate of drug-likeness (QED) is 0.671. The number of benzene rings is 2. The first-order valence-corrected chi connectivity index (χ1v) is 6.20. The van der Waals surface area contributed by atoms with Crippen LogP contribution in [0.5, 0.6) is 0 Å². The molecule has 2 aromatic carbocycles. The lowest BCUT2D eigenvalue weighted by Gasteiger charge is -2.02. The van der Waals surface area contributed by atoms with Crippen LogP contribution in [0.25, 0.3) is 0 Å². The molecule has 0 aliphatic carbocycles. The van der Waals surface area contributed by atoms with E-state index in [1.807, 2.05) is 5.43 Å². The maximum atomic E-state index is 13.6. The third-order valence-corrected chi connectivity index (χ3v) is 2.79. The van der Waals surface area contributed by atoms with Gasteiger partial charge in [-0.25, -0.2) is 23.4 Å². The van der Waals surface area contributed by atoms with Crippen molar-refractivity contribution in [1.82, 2.24) is 5.43 Å². The summed E-state index contributed by atoms with van der Waals surface area (Å²) in [6, 6.07) is 5.44. The van der Waals surface area contributed by atoms with Gasteiger partial charge in [0.05, 0.1) is 17.3 Å². The van der Waals surface area contributed by atoms with Gasteiger partial charge in [0.1, 0.15) is 17.5 Å². The van der Waals surface area contributed by atoms with Gasteiger partial charge >= 0.3 is 5.97 Å². The van der Waals surface area contributed by atoms with Crippen molar-refractivity contribution < 1.29 is 27.9 Å². The van der Waals surface area contributed by atoms with Gasteiger partial charge in [0.2, 0.25) is 0 Å². The molecule has 8 heteroatoms. The normalized spacial score (nSPS) is 10.7. The highest BCUT2D eigenvalue weighted by atomic mass is 19.1. The van der Waals surface area contributed by atoms with Crippen LogP contribution in [-0.4, -0.2) is 23.2 Å². The van der Waals surface area contributed by atoms with Gasteiger partial charge in [-0.3, -0.25) is 4.79 Å². The number of carbonyl (C=O) groups is 2. The lowest BCUT2D eigenvalue weighted by Crippen LogP contribution is -2.19. The molecule has 0 aliphatic heterocycles. The molecule has 0 aliphatic rings. The average Bonchev–Trinajstić information content (AvgIpc) is 2.50. The zero-order valence-electron chi connectivity index (χ0n) is 11.4. The summed E-state index contributed by atoms with van der Waals surface area (Å²) < 4.78 is 39.9. The Balaban J connectivity index is 2.11. The Hall–Kier alpha value is -3.16. The fraction of sp³-hybridized carbons (Fsp3) is 0. The molecule has 0 fully saturated rings. The first kappa shape index (κ1) is 16.2. The zero-order valence-corrected chi connectivity index (χ0v) is 11.4. The summed E-state index contributed by atoms with van der Waals surface area (Å²) in [6.07, 6.45) is 0.913. The van der Waals surface area contributed by atoms with Crippen LogP contribution in [0.1, 0.15) is 26.3 Å². The van der Waals surface area contributed by atoms with Crippen molar-refractivity contribution in [3.05, 3.63) is 70.5 Å². The Morgan fingerprint density at radius 2 is 1.78 bits per heavy atom. The van der Waals surface area contributed by atoms with Crippen LogP contribution < -0.4 is 5.43 Å². The number of halogens is 3. The van der Waals surface area contributed by atoms with Crippen LogP contribution in [0.15, 0.2) is 41.5 Å². The van der Waals surface area contributed by atoms with Gasteiger partial charge < -0.3 is 5.11 Å². The second-order valence-corrected chi connectivity index (χ2v) is 4.36. The molecule has 118 valence electrons. The summed E-state index contributed by atoms with van der Waals surface area (Å²) in [5, 5.41) is 12.1. The maximum absolute atomic E-state index is 13.6. The van der Waals surface area contributed by atoms with Crippen LogP contribution >= 0.6 is 0 Å². The molecule has 0 saturated heterocycles. The van der Waals surface area contributed by atoms with Gasteiger partial charge in [-0.05, 0) is 36.4 Å². The summed E-state index contributed by atoms with van der Waals surface area (Å²) in [7, 11) is 0. The van der Waals surface area contributed by atoms with Crippen LogP contribution in [0.2, 0.25) is 0 Å². The van der Waals surface area contributed by atoms with E-state index < -0.39 is 34.9 Å². The lowest BCUT2D eigenvalue weighted by molar-refractivity contribution is 0.0696. The van der Waals surface area contributed by atoms with E-state index in [-0.39, 0.29) is 11.1 Å². The lowest BCUT2D eigenvalue weighted by atomic mass is 10.1. The molecule has 0 unspecified atom stereocenters. The van der Waals surface area contributed by atoms with E-state index in [1.165, 1.54) is 0 Å². The van der Waals surface area contributed by atoms with E-state index in [9.17, 15) is 22.8 Å². The Labute approximate surface area is 128 Å². The molecule has 0 bridgehead atoms. The van der Waals surface area contributed by atoms with Crippen molar-refractivity contribution >= 4 is 18.1 Å². The highest BCUT2D eigenvalue weighted by Gasteiger charge is 2.12. The van der Waals surface area contributed by atoms with E-state index in [2.05, 4.69) is 5.10 Å². The van der Waals surface area contributed by atoms with Gasteiger partial charge in [-0.1, -0.05) is 0 Å². The molecule has 2 rings (SSSR count). The summed E-state index contributed by atoms with van der Waals surface area (Å²) in [6.45, 7) is 0. The number of carboxylic acid groups (broad SMARTS) is 1. The van der Waals surface area contributed by atoms with E-state index in [4.69, 9.17) is 5.11 Å². The molecule has 0 heterocycles. The molecule has 0 atom stereocenters. The SMILES string of the molecule is O=C(O)c1ccc(/C=N/NC(=O)c2cc(F)ccc2F)c(F)c1. The topological polar surface area (TPSA) is 78.8 Å². The monoisotopic (exact) mass is 322 g/mol. The summed E-state index contributed by atoms with van der Waals surface area (Å²) in [5.74, 6) is -4.89. The molecule has 0 spiro atoms. The largest absolute Gasteiger partial charge is 0.478 e. The second kappa shape index (κ2) is 6.73. The highest BCUT2D eigenvalue weighted by Crippen LogP contribution is 2.10.